The first-order valence-corrected chi connectivity index (χ1v) is 7.35. The van der Waals surface area contributed by atoms with Crippen LogP contribution in [0.2, 0.25) is 0 Å². The van der Waals surface area contributed by atoms with Gasteiger partial charge >= 0.3 is 0 Å². The predicted molar refractivity (Wildman–Crippen MR) is 64.4 cm³/mol. The van der Waals surface area contributed by atoms with E-state index in [1.54, 1.807) is 18.2 Å². The Morgan fingerprint density at radius 3 is 2.59 bits per heavy atom. The molecule has 0 aliphatic carbocycles. The highest BCUT2D eigenvalue weighted by atomic mass is 32.2. The molecule has 1 aliphatic heterocycles. The average molecular weight is 257 g/mol. The number of sulfone groups is 1. The van der Waals surface area contributed by atoms with E-state index < -0.39 is 21.3 Å². The Kier molecular flexibility index (Phi) is 3.49. The van der Waals surface area contributed by atoms with Crippen molar-refractivity contribution in [2.75, 3.05) is 18.8 Å². The van der Waals surface area contributed by atoms with Crippen molar-refractivity contribution in [1.82, 2.24) is 5.32 Å². The lowest BCUT2D eigenvalue weighted by Crippen LogP contribution is -2.46. The molecule has 1 saturated heterocycles. The first-order chi connectivity index (χ1) is 8.02. The molecule has 3 nitrogen and oxygen atoms in total. The van der Waals surface area contributed by atoms with E-state index in [2.05, 4.69) is 5.32 Å². The zero-order valence-corrected chi connectivity index (χ0v) is 10.3. The van der Waals surface area contributed by atoms with Crippen LogP contribution >= 0.6 is 0 Å². The summed E-state index contributed by atoms with van der Waals surface area (Å²) in [6, 6.07) is 8.06. The number of halogens is 1. The fraction of sp³-hybridized carbons (Fsp3) is 0.500. The Balaban J connectivity index is 2.17. The molecule has 94 valence electrons. The summed E-state index contributed by atoms with van der Waals surface area (Å²) in [6.45, 7) is 0.885. The molecule has 1 N–H and O–H groups in total. The lowest BCUT2D eigenvalue weighted by atomic mass is 9.99. The van der Waals surface area contributed by atoms with Crippen LogP contribution in [-0.4, -0.2) is 32.9 Å². The molecule has 1 fully saturated rings. The van der Waals surface area contributed by atoms with Crippen molar-refractivity contribution < 1.29 is 12.8 Å². The van der Waals surface area contributed by atoms with E-state index in [0.29, 0.717) is 12.8 Å². The molecule has 0 amide bonds. The van der Waals surface area contributed by atoms with Crippen molar-refractivity contribution in [3.63, 3.8) is 0 Å². The van der Waals surface area contributed by atoms with Crippen molar-refractivity contribution in [3.05, 3.63) is 30.3 Å². The zero-order chi connectivity index (χ0) is 12.4. The fourth-order valence-electron chi connectivity index (χ4n) is 2.11. The minimum atomic E-state index is -3.53. The van der Waals surface area contributed by atoms with Crippen LogP contribution in [-0.2, 0) is 9.84 Å². The van der Waals surface area contributed by atoms with Gasteiger partial charge in [-0.25, -0.2) is 12.8 Å². The van der Waals surface area contributed by atoms with Gasteiger partial charge in [0.1, 0.15) is 5.67 Å². The Morgan fingerprint density at radius 2 is 2.00 bits per heavy atom. The van der Waals surface area contributed by atoms with E-state index in [0.717, 1.165) is 6.54 Å². The Labute approximate surface area is 101 Å². The van der Waals surface area contributed by atoms with E-state index in [4.69, 9.17) is 0 Å². The molecular weight excluding hydrogens is 241 g/mol. The number of alkyl halides is 1. The van der Waals surface area contributed by atoms with Gasteiger partial charge in [0, 0.05) is 6.54 Å². The molecule has 1 aromatic rings. The first kappa shape index (κ1) is 12.5. The van der Waals surface area contributed by atoms with Crippen LogP contribution in [0.25, 0.3) is 0 Å². The second-order valence-electron chi connectivity index (χ2n) is 4.50. The SMILES string of the molecule is O=S(=O)(CC1(F)CCCNC1)c1ccccc1. The molecule has 5 heteroatoms. The molecule has 1 heterocycles. The van der Waals surface area contributed by atoms with Crippen LogP contribution in [0.5, 0.6) is 0 Å². The monoisotopic (exact) mass is 257 g/mol. The van der Waals surface area contributed by atoms with Crippen LogP contribution in [0, 0.1) is 0 Å². The van der Waals surface area contributed by atoms with E-state index in [1.807, 2.05) is 0 Å². The van der Waals surface area contributed by atoms with Gasteiger partial charge in [-0.05, 0) is 31.5 Å². The van der Waals surface area contributed by atoms with Gasteiger partial charge in [-0.3, -0.25) is 0 Å². The van der Waals surface area contributed by atoms with E-state index >= 15 is 0 Å². The van der Waals surface area contributed by atoms with Gasteiger partial charge in [0.25, 0.3) is 0 Å². The zero-order valence-electron chi connectivity index (χ0n) is 9.52. The summed E-state index contributed by atoms with van der Waals surface area (Å²) in [5.41, 5.74) is -1.63. The number of hydrogen-bond donors (Lipinski definition) is 1. The maximum absolute atomic E-state index is 14.3. The molecule has 1 unspecified atom stereocenters. The standard InChI is InChI=1S/C12H16FNO2S/c13-12(7-4-8-14-9-12)10-17(15,16)11-5-2-1-3-6-11/h1-3,5-6,14H,4,7-10H2. The molecule has 0 saturated carbocycles. The number of nitrogens with one attached hydrogen (secondary N) is 1. The molecule has 2 rings (SSSR count). The van der Waals surface area contributed by atoms with E-state index in [9.17, 15) is 12.8 Å². The molecule has 1 aromatic carbocycles. The Morgan fingerprint density at radius 1 is 1.29 bits per heavy atom. The molecule has 17 heavy (non-hydrogen) atoms. The van der Waals surface area contributed by atoms with Gasteiger partial charge in [-0.1, -0.05) is 18.2 Å². The van der Waals surface area contributed by atoms with Crippen LogP contribution in [0.1, 0.15) is 12.8 Å². The molecular formula is C12H16FNO2S. The van der Waals surface area contributed by atoms with Gasteiger partial charge in [0.2, 0.25) is 0 Å². The third-order valence-corrected chi connectivity index (χ3v) is 4.86. The summed E-state index contributed by atoms with van der Waals surface area (Å²) in [6.07, 6.45) is 0.993. The summed E-state index contributed by atoms with van der Waals surface area (Å²) < 4.78 is 38.4. The molecule has 0 spiro atoms. The highest BCUT2D eigenvalue weighted by Gasteiger charge is 2.37. The Hall–Kier alpha value is -0.940. The number of benzene rings is 1. The van der Waals surface area contributed by atoms with E-state index in [1.165, 1.54) is 12.1 Å². The van der Waals surface area contributed by atoms with Crippen LogP contribution in [0.15, 0.2) is 35.2 Å². The van der Waals surface area contributed by atoms with Gasteiger partial charge in [0.05, 0.1) is 10.6 Å². The maximum atomic E-state index is 14.3. The van der Waals surface area contributed by atoms with Crippen LogP contribution in [0.3, 0.4) is 0 Å². The third kappa shape index (κ3) is 3.04. The summed E-state index contributed by atoms with van der Waals surface area (Å²) in [5, 5.41) is 2.91. The van der Waals surface area contributed by atoms with E-state index in [-0.39, 0.29) is 11.4 Å². The lowest BCUT2D eigenvalue weighted by molar-refractivity contribution is 0.148. The normalized spacial score (nSPS) is 25.7. The van der Waals surface area contributed by atoms with Crippen LogP contribution in [0.4, 0.5) is 4.39 Å². The first-order valence-electron chi connectivity index (χ1n) is 5.69. The molecule has 1 aliphatic rings. The highest BCUT2D eigenvalue weighted by molar-refractivity contribution is 7.91. The summed E-state index contributed by atoms with van der Waals surface area (Å²) in [7, 11) is -3.53. The Bertz CT molecular complexity index is 467. The molecule has 1 atom stereocenters. The van der Waals surface area contributed by atoms with Crippen molar-refractivity contribution >= 4 is 9.84 Å². The van der Waals surface area contributed by atoms with Crippen molar-refractivity contribution in [1.29, 1.82) is 0 Å². The highest BCUT2D eigenvalue weighted by Crippen LogP contribution is 2.25. The number of hydrogen-bond acceptors (Lipinski definition) is 3. The van der Waals surface area contributed by atoms with Gasteiger partial charge in [0.15, 0.2) is 9.84 Å². The van der Waals surface area contributed by atoms with Gasteiger partial charge in [-0.15, -0.1) is 0 Å². The van der Waals surface area contributed by atoms with Crippen molar-refractivity contribution in [2.45, 2.75) is 23.4 Å². The third-order valence-electron chi connectivity index (χ3n) is 2.97. The quantitative estimate of drug-likeness (QED) is 0.893. The van der Waals surface area contributed by atoms with Crippen molar-refractivity contribution in [2.24, 2.45) is 0 Å². The largest absolute Gasteiger partial charge is 0.314 e. The number of piperidine rings is 1. The maximum Gasteiger partial charge on any atom is 0.181 e. The smallest absolute Gasteiger partial charge is 0.181 e. The average Bonchev–Trinajstić information content (AvgIpc) is 2.30. The summed E-state index contributed by atoms with van der Waals surface area (Å²) in [4.78, 5) is 0.197. The topological polar surface area (TPSA) is 46.2 Å². The van der Waals surface area contributed by atoms with Crippen LogP contribution < -0.4 is 5.32 Å². The molecule has 0 radical (unpaired) electrons. The minimum absolute atomic E-state index is 0.124. The fourth-order valence-corrected chi connectivity index (χ4v) is 3.77. The second-order valence-corrected chi connectivity index (χ2v) is 6.49. The predicted octanol–water partition coefficient (Wildman–Crippen LogP) is 1.55. The van der Waals surface area contributed by atoms with Gasteiger partial charge in [-0.2, -0.15) is 0 Å². The van der Waals surface area contributed by atoms with Gasteiger partial charge < -0.3 is 5.32 Å². The van der Waals surface area contributed by atoms with Crippen molar-refractivity contribution in [3.8, 4) is 0 Å². The second kappa shape index (κ2) is 4.74. The lowest BCUT2D eigenvalue weighted by Gasteiger charge is -2.29. The minimum Gasteiger partial charge on any atom is -0.314 e. The summed E-state index contributed by atoms with van der Waals surface area (Å²) >= 11 is 0. The number of rotatable bonds is 3. The summed E-state index contributed by atoms with van der Waals surface area (Å²) in [5.74, 6) is -0.434. The molecule has 0 bridgehead atoms. The molecule has 0 aromatic heterocycles.